The first kappa shape index (κ1) is 10.5. The molecule has 3 rings (SSSR count). The topological polar surface area (TPSA) is 36.3 Å². The van der Waals surface area contributed by atoms with Gasteiger partial charge in [0.15, 0.2) is 0 Å². The Kier molecular flexibility index (Phi) is 2.25. The molecule has 0 atom stereocenters. The van der Waals surface area contributed by atoms with E-state index in [0.717, 1.165) is 38.2 Å². The molecular weight excluding hydrogens is 212 g/mol. The summed E-state index contributed by atoms with van der Waals surface area (Å²) in [7, 11) is 2.06. The van der Waals surface area contributed by atoms with Gasteiger partial charge in [0.05, 0.1) is 18.1 Å². The van der Waals surface area contributed by atoms with E-state index < -0.39 is 0 Å². The van der Waals surface area contributed by atoms with Gasteiger partial charge in [-0.1, -0.05) is 0 Å². The largest absolute Gasteiger partial charge is 0.493 e. The maximum atomic E-state index is 9.11. The minimum atomic E-state index is -0.0791. The number of nitrogens with zero attached hydrogens (tertiary/aromatic N) is 2. The van der Waals surface area contributed by atoms with Gasteiger partial charge in [0.1, 0.15) is 5.75 Å². The number of hydrogen-bond donors (Lipinski definition) is 0. The average molecular weight is 228 g/mol. The summed E-state index contributed by atoms with van der Waals surface area (Å²) in [6.07, 6.45) is 3.09. The summed E-state index contributed by atoms with van der Waals surface area (Å²) in [4.78, 5) is 2.19. The fourth-order valence-corrected chi connectivity index (χ4v) is 2.41. The lowest BCUT2D eigenvalue weighted by molar-refractivity contribution is 0.357. The van der Waals surface area contributed by atoms with Crippen LogP contribution in [0.15, 0.2) is 18.2 Å². The third-order valence-corrected chi connectivity index (χ3v) is 3.74. The van der Waals surface area contributed by atoms with Crippen molar-refractivity contribution in [2.24, 2.45) is 5.41 Å². The molecule has 1 saturated carbocycles. The Labute approximate surface area is 102 Å². The third-order valence-electron chi connectivity index (χ3n) is 3.74. The summed E-state index contributed by atoms with van der Waals surface area (Å²) in [5.41, 5.74) is 2.40. The lowest BCUT2D eigenvalue weighted by atomic mass is 10.1. The van der Waals surface area contributed by atoms with E-state index in [2.05, 4.69) is 30.1 Å². The van der Waals surface area contributed by atoms with Crippen LogP contribution in [0.3, 0.4) is 0 Å². The summed E-state index contributed by atoms with van der Waals surface area (Å²) < 4.78 is 5.50. The van der Waals surface area contributed by atoms with Crippen LogP contribution in [0.1, 0.15) is 18.4 Å². The molecule has 3 nitrogen and oxygen atoms in total. The van der Waals surface area contributed by atoms with Gasteiger partial charge in [-0.05, 0) is 36.6 Å². The maximum absolute atomic E-state index is 9.11. The minimum Gasteiger partial charge on any atom is -0.493 e. The van der Waals surface area contributed by atoms with Crippen LogP contribution in [-0.4, -0.2) is 20.2 Å². The Morgan fingerprint density at radius 2 is 2.29 bits per heavy atom. The molecule has 1 fully saturated rings. The van der Waals surface area contributed by atoms with Gasteiger partial charge in [0.2, 0.25) is 0 Å². The Balaban J connectivity index is 1.78. The molecule has 0 unspecified atom stereocenters. The van der Waals surface area contributed by atoms with E-state index in [9.17, 15) is 0 Å². The summed E-state index contributed by atoms with van der Waals surface area (Å²) in [6, 6.07) is 8.75. The molecule has 1 aromatic carbocycles. The van der Waals surface area contributed by atoms with E-state index >= 15 is 0 Å². The molecule has 0 bridgehead atoms. The van der Waals surface area contributed by atoms with Crippen LogP contribution < -0.4 is 9.64 Å². The second-order valence-electron chi connectivity index (χ2n) is 5.14. The lowest BCUT2D eigenvalue weighted by Crippen LogP contribution is -2.25. The third kappa shape index (κ3) is 1.84. The SMILES string of the molecule is CN(CC1(C#N)CC1)c1ccc2c(c1)CCO2. The molecule has 0 spiro atoms. The van der Waals surface area contributed by atoms with E-state index in [4.69, 9.17) is 10.00 Å². The van der Waals surface area contributed by atoms with E-state index in [1.165, 1.54) is 11.3 Å². The van der Waals surface area contributed by atoms with Gasteiger partial charge in [-0.15, -0.1) is 0 Å². The second-order valence-corrected chi connectivity index (χ2v) is 5.14. The quantitative estimate of drug-likeness (QED) is 0.796. The number of nitriles is 1. The van der Waals surface area contributed by atoms with Gasteiger partial charge in [0.25, 0.3) is 0 Å². The zero-order valence-electron chi connectivity index (χ0n) is 10.1. The Morgan fingerprint density at radius 3 is 3.00 bits per heavy atom. The van der Waals surface area contributed by atoms with Crippen LogP contribution in [0.5, 0.6) is 5.75 Å². The molecule has 0 saturated heterocycles. The first-order valence-electron chi connectivity index (χ1n) is 6.11. The minimum absolute atomic E-state index is 0.0791. The number of benzene rings is 1. The first-order valence-corrected chi connectivity index (χ1v) is 6.11. The second kappa shape index (κ2) is 3.66. The van der Waals surface area contributed by atoms with E-state index in [1.54, 1.807) is 0 Å². The Morgan fingerprint density at radius 1 is 1.47 bits per heavy atom. The van der Waals surface area contributed by atoms with E-state index in [-0.39, 0.29) is 5.41 Å². The van der Waals surface area contributed by atoms with Gasteiger partial charge < -0.3 is 9.64 Å². The maximum Gasteiger partial charge on any atom is 0.122 e. The van der Waals surface area contributed by atoms with Crippen LogP contribution in [0, 0.1) is 16.7 Å². The highest BCUT2D eigenvalue weighted by atomic mass is 16.5. The first-order chi connectivity index (χ1) is 8.22. The number of fused-ring (bicyclic) bond motifs is 1. The highest BCUT2D eigenvalue weighted by Gasteiger charge is 2.44. The van der Waals surface area contributed by atoms with Crippen LogP contribution in [0.4, 0.5) is 5.69 Å². The molecule has 0 aromatic heterocycles. The van der Waals surface area contributed by atoms with Crippen LogP contribution >= 0.6 is 0 Å². The monoisotopic (exact) mass is 228 g/mol. The highest BCUT2D eigenvalue weighted by Crippen LogP contribution is 2.46. The van der Waals surface area contributed by atoms with Crippen molar-refractivity contribution >= 4 is 5.69 Å². The standard InChI is InChI=1S/C14H16N2O/c1-16(10-14(9-15)5-6-14)12-2-3-13-11(8-12)4-7-17-13/h2-3,8H,4-7,10H2,1H3. The molecule has 88 valence electrons. The zero-order valence-corrected chi connectivity index (χ0v) is 10.1. The summed E-state index contributed by atoms with van der Waals surface area (Å²) >= 11 is 0. The van der Waals surface area contributed by atoms with Crippen molar-refractivity contribution < 1.29 is 4.74 Å². The molecule has 1 aliphatic heterocycles. The highest BCUT2D eigenvalue weighted by molar-refractivity contribution is 5.54. The van der Waals surface area contributed by atoms with Crippen LogP contribution in [0.25, 0.3) is 0 Å². The number of hydrogen-bond acceptors (Lipinski definition) is 3. The van der Waals surface area contributed by atoms with Crippen molar-refractivity contribution in [1.29, 1.82) is 5.26 Å². The summed E-state index contributed by atoms with van der Waals surface area (Å²) in [5, 5.41) is 9.11. The van der Waals surface area contributed by atoms with E-state index in [0.29, 0.717) is 0 Å². The predicted octanol–water partition coefficient (Wildman–Crippen LogP) is 2.36. The molecule has 0 amide bonds. The van der Waals surface area contributed by atoms with Gasteiger partial charge in [0, 0.05) is 25.7 Å². The molecule has 1 aromatic rings. The zero-order chi connectivity index (χ0) is 11.9. The lowest BCUT2D eigenvalue weighted by Gasteiger charge is -2.22. The fourth-order valence-electron chi connectivity index (χ4n) is 2.41. The van der Waals surface area contributed by atoms with Gasteiger partial charge in [-0.3, -0.25) is 0 Å². The number of rotatable bonds is 3. The summed E-state index contributed by atoms with van der Waals surface area (Å²) in [6.45, 7) is 1.63. The molecule has 17 heavy (non-hydrogen) atoms. The number of ether oxygens (including phenoxy) is 1. The molecule has 1 heterocycles. The van der Waals surface area contributed by atoms with Crippen LogP contribution in [-0.2, 0) is 6.42 Å². The molecule has 0 radical (unpaired) electrons. The number of anilines is 1. The molecule has 0 N–H and O–H groups in total. The van der Waals surface area contributed by atoms with E-state index in [1.807, 2.05) is 6.07 Å². The van der Waals surface area contributed by atoms with Crippen molar-refractivity contribution in [3.8, 4) is 11.8 Å². The van der Waals surface area contributed by atoms with Crippen molar-refractivity contribution in [3.63, 3.8) is 0 Å². The van der Waals surface area contributed by atoms with Crippen molar-refractivity contribution in [2.75, 3.05) is 25.1 Å². The average Bonchev–Trinajstić information content (AvgIpc) is 2.96. The molecule has 2 aliphatic rings. The summed E-state index contributed by atoms with van der Waals surface area (Å²) in [5.74, 6) is 1.02. The predicted molar refractivity (Wildman–Crippen MR) is 66.2 cm³/mol. The fraction of sp³-hybridized carbons (Fsp3) is 0.500. The Hall–Kier alpha value is -1.69. The normalized spacial score (nSPS) is 19.1. The Bertz CT molecular complexity index is 485. The van der Waals surface area contributed by atoms with Crippen LogP contribution in [0.2, 0.25) is 0 Å². The smallest absolute Gasteiger partial charge is 0.122 e. The van der Waals surface area contributed by atoms with Crippen molar-refractivity contribution in [2.45, 2.75) is 19.3 Å². The molecular formula is C14H16N2O. The molecule has 3 heteroatoms. The molecule has 1 aliphatic carbocycles. The van der Waals surface area contributed by atoms with Crippen molar-refractivity contribution in [3.05, 3.63) is 23.8 Å². The van der Waals surface area contributed by atoms with Gasteiger partial charge >= 0.3 is 0 Å². The van der Waals surface area contributed by atoms with Gasteiger partial charge in [-0.2, -0.15) is 5.26 Å². The van der Waals surface area contributed by atoms with Gasteiger partial charge in [-0.25, -0.2) is 0 Å². The van der Waals surface area contributed by atoms with Crippen molar-refractivity contribution in [1.82, 2.24) is 0 Å².